The highest BCUT2D eigenvalue weighted by molar-refractivity contribution is 5.74. The number of aryl methyl sites for hydroxylation is 1. The standard InChI is InChI=1S/C18H27N3O/c1-14-5-7-15(8-6-14)17(21-11-3-2-4-12-21)13-19-18(22)20-16-9-10-16/h5-8,16-17H,2-4,9-13H2,1H3,(H2,19,20,22). The minimum Gasteiger partial charge on any atom is -0.336 e. The van der Waals surface area contributed by atoms with Crippen LogP contribution in [0.2, 0.25) is 0 Å². The van der Waals surface area contributed by atoms with Gasteiger partial charge in [-0.25, -0.2) is 4.79 Å². The average molecular weight is 301 g/mol. The molecule has 2 amide bonds. The fraction of sp³-hybridized carbons (Fsp3) is 0.611. The fourth-order valence-corrected chi connectivity index (χ4v) is 3.13. The maximum atomic E-state index is 11.9. The molecule has 2 aliphatic rings. The predicted octanol–water partition coefficient (Wildman–Crippen LogP) is 2.98. The van der Waals surface area contributed by atoms with Crippen molar-refractivity contribution >= 4 is 6.03 Å². The Hall–Kier alpha value is -1.55. The lowest BCUT2D eigenvalue weighted by molar-refractivity contribution is 0.160. The van der Waals surface area contributed by atoms with E-state index in [4.69, 9.17) is 0 Å². The number of benzene rings is 1. The lowest BCUT2D eigenvalue weighted by atomic mass is 10.0. The Balaban J connectivity index is 1.64. The van der Waals surface area contributed by atoms with Crippen molar-refractivity contribution in [3.8, 4) is 0 Å². The van der Waals surface area contributed by atoms with Crippen LogP contribution in [0.15, 0.2) is 24.3 Å². The molecule has 120 valence electrons. The predicted molar refractivity (Wildman–Crippen MR) is 88.9 cm³/mol. The number of carbonyl (C=O) groups excluding carboxylic acids is 1. The lowest BCUT2D eigenvalue weighted by Crippen LogP contribution is -2.44. The molecule has 4 heteroatoms. The second kappa shape index (κ2) is 7.14. The van der Waals surface area contributed by atoms with E-state index >= 15 is 0 Å². The molecule has 1 aromatic rings. The van der Waals surface area contributed by atoms with Crippen LogP contribution in [0.4, 0.5) is 4.79 Å². The maximum Gasteiger partial charge on any atom is 0.315 e. The fourth-order valence-electron chi connectivity index (χ4n) is 3.13. The third kappa shape index (κ3) is 4.23. The zero-order valence-corrected chi connectivity index (χ0v) is 13.5. The number of carbonyl (C=O) groups is 1. The van der Waals surface area contributed by atoms with E-state index in [1.165, 1.54) is 30.4 Å². The van der Waals surface area contributed by atoms with Crippen LogP contribution in [0.1, 0.15) is 49.3 Å². The van der Waals surface area contributed by atoms with Gasteiger partial charge in [-0.1, -0.05) is 36.2 Å². The first-order valence-corrected chi connectivity index (χ1v) is 8.57. The molecule has 22 heavy (non-hydrogen) atoms. The van der Waals surface area contributed by atoms with Gasteiger partial charge in [-0.2, -0.15) is 0 Å². The molecule has 1 aromatic carbocycles. The molecule has 4 nitrogen and oxygen atoms in total. The Morgan fingerprint density at radius 1 is 1.18 bits per heavy atom. The van der Waals surface area contributed by atoms with Gasteiger partial charge < -0.3 is 10.6 Å². The van der Waals surface area contributed by atoms with E-state index in [0.29, 0.717) is 12.6 Å². The quantitative estimate of drug-likeness (QED) is 0.878. The molecule has 1 saturated heterocycles. The molecule has 1 heterocycles. The number of likely N-dealkylation sites (tertiary alicyclic amines) is 1. The smallest absolute Gasteiger partial charge is 0.315 e. The second-order valence-corrected chi connectivity index (χ2v) is 6.65. The summed E-state index contributed by atoms with van der Waals surface area (Å²) >= 11 is 0. The molecule has 1 unspecified atom stereocenters. The first-order chi connectivity index (χ1) is 10.7. The van der Waals surface area contributed by atoms with Crippen LogP contribution in [0, 0.1) is 6.92 Å². The molecule has 3 rings (SSSR count). The van der Waals surface area contributed by atoms with E-state index in [2.05, 4.69) is 46.7 Å². The molecule has 0 aromatic heterocycles. The monoisotopic (exact) mass is 301 g/mol. The summed E-state index contributed by atoms with van der Waals surface area (Å²) < 4.78 is 0. The second-order valence-electron chi connectivity index (χ2n) is 6.65. The van der Waals surface area contributed by atoms with Gasteiger partial charge in [-0.05, 0) is 51.3 Å². The van der Waals surface area contributed by atoms with Crippen LogP contribution in [0.3, 0.4) is 0 Å². The largest absolute Gasteiger partial charge is 0.336 e. The van der Waals surface area contributed by atoms with E-state index in [0.717, 1.165) is 25.9 Å². The zero-order valence-electron chi connectivity index (χ0n) is 13.5. The van der Waals surface area contributed by atoms with Crippen LogP contribution in [-0.2, 0) is 0 Å². The lowest BCUT2D eigenvalue weighted by Gasteiger charge is -2.35. The van der Waals surface area contributed by atoms with Gasteiger partial charge >= 0.3 is 6.03 Å². The molecule has 0 radical (unpaired) electrons. The summed E-state index contributed by atoms with van der Waals surface area (Å²) in [6, 6.07) is 9.41. The zero-order chi connectivity index (χ0) is 15.4. The van der Waals surface area contributed by atoms with Gasteiger partial charge in [0.15, 0.2) is 0 Å². The Morgan fingerprint density at radius 3 is 2.50 bits per heavy atom. The van der Waals surface area contributed by atoms with Crippen molar-refractivity contribution in [3.05, 3.63) is 35.4 Å². The van der Waals surface area contributed by atoms with E-state index in [-0.39, 0.29) is 12.1 Å². The number of nitrogens with one attached hydrogen (secondary N) is 2. The molecule has 1 saturated carbocycles. The van der Waals surface area contributed by atoms with Gasteiger partial charge in [0, 0.05) is 12.6 Å². The van der Waals surface area contributed by atoms with Gasteiger partial charge in [0.05, 0.1) is 6.04 Å². The summed E-state index contributed by atoms with van der Waals surface area (Å²) in [4.78, 5) is 14.4. The van der Waals surface area contributed by atoms with Crippen molar-refractivity contribution < 1.29 is 4.79 Å². The number of rotatable bonds is 5. The first kappa shape index (κ1) is 15.3. The minimum atomic E-state index is -0.0170. The topological polar surface area (TPSA) is 44.4 Å². The van der Waals surface area contributed by atoms with E-state index in [9.17, 15) is 4.79 Å². The molecule has 1 aliphatic carbocycles. The van der Waals surface area contributed by atoms with Crippen molar-refractivity contribution in [2.24, 2.45) is 0 Å². The summed E-state index contributed by atoms with van der Waals surface area (Å²) in [5, 5.41) is 6.08. The number of urea groups is 1. The summed E-state index contributed by atoms with van der Waals surface area (Å²) in [5.74, 6) is 0. The average Bonchev–Trinajstić information content (AvgIpc) is 3.34. The van der Waals surface area contributed by atoms with Crippen molar-refractivity contribution in [2.45, 2.75) is 51.1 Å². The highest BCUT2D eigenvalue weighted by Crippen LogP contribution is 2.24. The number of amides is 2. The highest BCUT2D eigenvalue weighted by atomic mass is 16.2. The SMILES string of the molecule is Cc1ccc(C(CNC(=O)NC2CC2)N2CCCCC2)cc1. The molecule has 2 fully saturated rings. The van der Waals surface area contributed by atoms with Crippen LogP contribution >= 0.6 is 0 Å². The number of nitrogens with zero attached hydrogens (tertiary/aromatic N) is 1. The summed E-state index contributed by atoms with van der Waals surface area (Å²) in [6.45, 7) is 5.05. The number of piperidine rings is 1. The van der Waals surface area contributed by atoms with Crippen LogP contribution < -0.4 is 10.6 Å². The normalized spacial score (nSPS) is 20.4. The van der Waals surface area contributed by atoms with Crippen molar-refractivity contribution in [1.29, 1.82) is 0 Å². The Labute approximate surface area is 133 Å². The Morgan fingerprint density at radius 2 is 1.86 bits per heavy atom. The maximum absolute atomic E-state index is 11.9. The van der Waals surface area contributed by atoms with Crippen molar-refractivity contribution in [2.75, 3.05) is 19.6 Å². The van der Waals surface area contributed by atoms with Gasteiger partial charge in [0.25, 0.3) is 0 Å². The van der Waals surface area contributed by atoms with E-state index in [1.54, 1.807) is 0 Å². The Bertz CT molecular complexity index is 490. The third-order valence-corrected chi connectivity index (χ3v) is 4.66. The summed E-state index contributed by atoms with van der Waals surface area (Å²) in [6.07, 6.45) is 6.10. The molecule has 0 bridgehead atoms. The molecule has 2 N–H and O–H groups in total. The van der Waals surface area contributed by atoms with Crippen LogP contribution in [0.5, 0.6) is 0 Å². The molecule has 1 aliphatic heterocycles. The van der Waals surface area contributed by atoms with E-state index in [1.807, 2.05) is 0 Å². The van der Waals surface area contributed by atoms with Crippen molar-refractivity contribution in [3.63, 3.8) is 0 Å². The van der Waals surface area contributed by atoms with Crippen LogP contribution in [0.25, 0.3) is 0 Å². The summed E-state index contributed by atoms with van der Waals surface area (Å²) in [7, 11) is 0. The molecular formula is C18H27N3O. The third-order valence-electron chi connectivity index (χ3n) is 4.66. The highest BCUT2D eigenvalue weighted by Gasteiger charge is 2.25. The van der Waals surface area contributed by atoms with Gasteiger partial charge in [0.2, 0.25) is 0 Å². The van der Waals surface area contributed by atoms with Gasteiger partial charge in [-0.3, -0.25) is 4.90 Å². The minimum absolute atomic E-state index is 0.0170. The summed E-state index contributed by atoms with van der Waals surface area (Å²) in [5.41, 5.74) is 2.58. The molecular weight excluding hydrogens is 274 g/mol. The number of hydrogen-bond donors (Lipinski definition) is 2. The van der Waals surface area contributed by atoms with E-state index < -0.39 is 0 Å². The van der Waals surface area contributed by atoms with Gasteiger partial charge in [-0.15, -0.1) is 0 Å². The number of hydrogen-bond acceptors (Lipinski definition) is 2. The first-order valence-electron chi connectivity index (χ1n) is 8.57. The molecule has 0 spiro atoms. The van der Waals surface area contributed by atoms with Crippen LogP contribution in [-0.4, -0.2) is 36.6 Å². The Kier molecular flexibility index (Phi) is 4.98. The van der Waals surface area contributed by atoms with Crippen molar-refractivity contribution in [1.82, 2.24) is 15.5 Å². The molecule has 1 atom stereocenters. The van der Waals surface area contributed by atoms with Gasteiger partial charge in [0.1, 0.15) is 0 Å².